The van der Waals surface area contributed by atoms with Gasteiger partial charge in [-0.3, -0.25) is 4.79 Å². The van der Waals surface area contributed by atoms with Crippen LogP contribution in [-0.2, 0) is 0 Å². The Bertz CT molecular complexity index is 654. The van der Waals surface area contributed by atoms with Crippen LogP contribution >= 0.6 is 11.6 Å². The Balaban J connectivity index is 2.15. The second-order valence-electron chi connectivity index (χ2n) is 4.82. The van der Waals surface area contributed by atoms with E-state index in [9.17, 15) is 4.79 Å². The van der Waals surface area contributed by atoms with Crippen LogP contribution in [0.3, 0.4) is 0 Å². The number of carbonyl (C=O) groups is 1. The average Bonchev–Trinajstić information content (AvgIpc) is 2.53. The summed E-state index contributed by atoms with van der Waals surface area (Å²) in [5.74, 6) is 0.462. The molecule has 6 heteroatoms. The lowest BCUT2D eigenvalue weighted by molar-refractivity contribution is 0.0766. The van der Waals surface area contributed by atoms with Crippen molar-refractivity contribution in [2.45, 2.75) is 20.8 Å². The van der Waals surface area contributed by atoms with Gasteiger partial charge in [-0.15, -0.1) is 10.2 Å². The molecule has 0 aliphatic carbocycles. The van der Waals surface area contributed by atoms with E-state index in [0.717, 1.165) is 11.3 Å². The summed E-state index contributed by atoms with van der Waals surface area (Å²) in [7, 11) is 0. The third-order valence-corrected chi connectivity index (χ3v) is 3.87. The van der Waals surface area contributed by atoms with E-state index < -0.39 is 0 Å². The highest BCUT2D eigenvalue weighted by molar-refractivity contribution is 6.31. The van der Waals surface area contributed by atoms with Gasteiger partial charge >= 0.3 is 0 Å². The third-order valence-electron chi connectivity index (χ3n) is 3.46. The first-order valence-corrected chi connectivity index (χ1v) is 7.59. The number of carbonyl (C=O) groups excluding carboxylic acids is 1. The molecule has 0 bridgehead atoms. The van der Waals surface area contributed by atoms with Crippen LogP contribution in [0, 0.1) is 6.92 Å². The van der Waals surface area contributed by atoms with E-state index in [2.05, 4.69) is 15.5 Å². The normalized spacial score (nSPS) is 10.4. The molecule has 5 nitrogen and oxygen atoms in total. The molecule has 2 rings (SSSR count). The molecule has 0 spiro atoms. The first kappa shape index (κ1) is 16.2. The lowest BCUT2D eigenvalue weighted by Crippen LogP contribution is -2.31. The molecular weight excluding hydrogens is 300 g/mol. The zero-order valence-corrected chi connectivity index (χ0v) is 13.7. The van der Waals surface area contributed by atoms with Crippen molar-refractivity contribution in [2.75, 3.05) is 18.4 Å². The van der Waals surface area contributed by atoms with E-state index in [1.807, 2.05) is 39.0 Å². The second-order valence-corrected chi connectivity index (χ2v) is 5.23. The number of halogens is 1. The molecule has 0 aliphatic rings. The van der Waals surface area contributed by atoms with Gasteiger partial charge in [-0.25, -0.2) is 0 Å². The number of benzene rings is 1. The molecule has 0 fully saturated rings. The SMILES string of the molecule is CCN(CC)C(=O)c1ccc(Nc2cccc(Cl)c2C)nn1. The Morgan fingerprint density at radius 2 is 1.91 bits per heavy atom. The van der Waals surface area contributed by atoms with Gasteiger partial charge in [-0.1, -0.05) is 17.7 Å². The number of rotatable bonds is 5. The van der Waals surface area contributed by atoms with E-state index in [-0.39, 0.29) is 5.91 Å². The van der Waals surface area contributed by atoms with Gasteiger partial charge in [0.1, 0.15) is 0 Å². The fourth-order valence-electron chi connectivity index (χ4n) is 2.07. The fourth-order valence-corrected chi connectivity index (χ4v) is 2.24. The number of hydrogen-bond donors (Lipinski definition) is 1. The summed E-state index contributed by atoms with van der Waals surface area (Å²) in [5, 5.41) is 11.9. The minimum absolute atomic E-state index is 0.108. The molecule has 0 saturated carbocycles. The summed E-state index contributed by atoms with van der Waals surface area (Å²) >= 11 is 6.09. The van der Waals surface area contributed by atoms with Crippen molar-refractivity contribution in [1.29, 1.82) is 0 Å². The Morgan fingerprint density at radius 3 is 2.50 bits per heavy atom. The minimum Gasteiger partial charge on any atom is -0.338 e. The predicted octanol–water partition coefficient (Wildman–Crippen LogP) is 3.66. The standard InChI is InChI=1S/C16H19ClN4O/c1-4-21(5-2)16(22)14-9-10-15(20-19-14)18-13-8-6-7-12(17)11(13)3/h6-10H,4-5H2,1-3H3,(H,18,20). The van der Waals surface area contributed by atoms with Crippen LogP contribution in [0.5, 0.6) is 0 Å². The van der Waals surface area contributed by atoms with Crippen LogP contribution in [0.1, 0.15) is 29.9 Å². The van der Waals surface area contributed by atoms with Crippen LogP contribution in [-0.4, -0.2) is 34.1 Å². The molecule has 22 heavy (non-hydrogen) atoms. The lowest BCUT2D eigenvalue weighted by Gasteiger charge is -2.17. The van der Waals surface area contributed by atoms with Crippen LogP contribution in [0.2, 0.25) is 5.02 Å². The van der Waals surface area contributed by atoms with Gasteiger partial charge in [-0.05, 0) is 50.6 Å². The Kier molecular flexibility index (Phi) is 5.33. The number of nitrogens with one attached hydrogen (secondary N) is 1. The van der Waals surface area contributed by atoms with Crippen molar-refractivity contribution in [3.8, 4) is 0 Å². The Labute approximate surface area is 135 Å². The Hall–Kier alpha value is -2.14. The van der Waals surface area contributed by atoms with Gasteiger partial charge in [0.05, 0.1) is 0 Å². The second kappa shape index (κ2) is 7.22. The van der Waals surface area contributed by atoms with Gasteiger partial charge in [0.2, 0.25) is 0 Å². The molecule has 0 unspecified atom stereocenters. The molecule has 1 heterocycles. The summed E-state index contributed by atoms with van der Waals surface area (Å²) in [5.41, 5.74) is 2.15. The average molecular weight is 319 g/mol. The summed E-state index contributed by atoms with van der Waals surface area (Å²) in [6, 6.07) is 9.03. The minimum atomic E-state index is -0.108. The highest BCUT2D eigenvalue weighted by Crippen LogP contribution is 2.25. The first-order valence-electron chi connectivity index (χ1n) is 7.22. The molecule has 116 valence electrons. The molecule has 0 radical (unpaired) electrons. The summed E-state index contributed by atoms with van der Waals surface area (Å²) < 4.78 is 0. The van der Waals surface area contributed by atoms with Gasteiger partial charge in [-0.2, -0.15) is 0 Å². The molecule has 1 aromatic carbocycles. The molecule has 2 aromatic rings. The molecule has 1 aromatic heterocycles. The van der Waals surface area contributed by atoms with Crippen molar-refractivity contribution >= 4 is 29.0 Å². The molecular formula is C16H19ClN4O. The van der Waals surface area contributed by atoms with E-state index >= 15 is 0 Å². The fraction of sp³-hybridized carbons (Fsp3) is 0.312. The van der Waals surface area contributed by atoms with Gasteiger partial charge in [0.15, 0.2) is 11.5 Å². The smallest absolute Gasteiger partial charge is 0.274 e. The molecule has 1 amide bonds. The maximum Gasteiger partial charge on any atom is 0.274 e. The molecule has 0 atom stereocenters. The maximum absolute atomic E-state index is 12.2. The molecule has 1 N–H and O–H groups in total. The van der Waals surface area contributed by atoms with Crippen molar-refractivity contribution in [2.24, 2.45) is 0 Å². The summed E-state index contributed by atoms with van der Waals surface area (Å²) in [6.07, 6.45) is 0. The number of amides is 1. The first-order chi connectivity index (χ1) is 10.6. The van der Waals surface area contributed by atoms with E-state index in [4.69, 9.17) is 11.6 Å². The summed E-state index contributed by atoms with van der Waals surface area (Å²) in [6.45, 7) is 7.10. The number of aromatic nitrogens is 2. The summed E-state index contributed by atoms with van der Waals surface area (Å²) in [4.78, 5) is 13.9. The van der Waals surface area contributed by atoms with Crippen LogP contribution in [0.4, 0.5) is 11.5 Å². The van der Waals surface area contributed by atoms with E-state index in [1.165, 1.54) is 0 Å². The zero-order chi connectivity index (χ0) is 16.1. The molecule has 0 aliphatic heterocycles. The van der Waals surface area contributed by atoms with Gasteiger partial charge < -0.3 is 10.2 Å². The van der Waals surface area contributed by atoms with Crippen molar-refractivity contribution in [3.05, 3.63) is 46.6 Å². The lowest BCUT2D eigenvalue weighted by atomic mass is 10.2. The van der Waals surface area contributed by atoms with Gasteiger partial charge in [0, 0.05) is 23.8 Å². The predicted molar refractivity (Wildman–Crippen MR) is 88.8 cm³/mol. The largest absolute Gasteiger partial charge is 0.338 e. The highest BCUT2D eigenvalue weighted by Gasteiger charge is 2.14. The van der Waals surface area contributed by atoms with E-state index in [1.54, 1.807) is 17.0 Å². The van der Waals surface area contributed by atoms with Crippen LogP contribution in [0.15, 0.2) is 30.3 Å². The van der Waals surface area contributed by atoms with Gasteiger partial charge in [0.25, 0.3) is 5.91 Å². The van der Waals surface area contributed by atoms with Crippen molar-refractivity contribution < 1.29 is 4.79 Å². The van der Waals surface area contributed by atoms with Crippen LogP contribution in [0.25, 0.3) is 0 Å². The third kappa shape index (κ3) is 3.54. The number of anilines is 2. The Morgan fingerprint density at radius 1 is 1.18 bits per heavy atom. The van der Waals surface area contributed by atoms with Crippen molar-refractivity contribution in [1.82, 2.24) is 15.1 Å². The topological polar surface area (TPSA) is 58.1 Å². The van der Waals surface area contributed by atoms with Crippen LogP contribution < -0.4 is 5.32 Å². The number of nitrogens with zero attached hydrogens (tertiary/aromatic N) is 3. The van der Waals surface area contributed by atoms with Crippen molar-refractivity contribution in [3.63, 3.8) is 0 Å². The zero-order valence-electron chi connectivity index (χ0n) is 12.9. The monoisotopic (exact) mass is 318 g/mol. The quantitative estimate of drug-likeness (QED) is 0.914. The maximum atomic E-state index is 12.2. The van der Waals surface area contributed by atoms with E-state index in [0.29, 0.717) is 29.6 Å². The molecule has 0 saturated heterocycles. The number of hydrogen-bond acceptors (Lipinski definition) is 4. The highest BCUT2D eigenvalue weighted by atomic mass is 35.5.